The van der Waals surface area contributed by atoms with Crippen molar-refractivity contribution in [3.63, 3.8) is 0 Å². The molecular weight excluding hydrogens is 470 g/mol. The summed E-state index contributed by atoms with van der Waals surface area (Å²) in [5.74, 6) is -0.294. The van der Waals surface area contributed by atoms with Gasteiger partial charge in [0, 0.05) is 24.2 Å². The van der Waals surface area contributed by atoms with Gasteiger partial charge in [-0.3, -0.25) is 14.9 Å². The number of fused-ring (bicyclic) bond motifs is 2. The molecule has 1 amide bonds. The Kier molecular flexibility index (Phi) is 6.54. The summed E-state index contributed by atoms with van der Waals surface area (Å²) < 4.78 is 1.34. The Morgan fingerprint density at radius 1 is 1.03 bits per heavy atom. The van der Waals surface area contributed by atoms with Crippen LogP contribution in [0.4, 0.5) is 11.5 Å². The molecule has 0 spiro atoms. The number of anilines is 1. The second kappa shape index (κ2) is 10.2. The number of carbonyl (C=O) groups is 1. The number of nitrogen functional groups attached to an aromatic ring is 1. The first kappa shape index (κ1) is 23.6. The smallest absolute Gasteiger partial charge is 0.270 e. The molecule has 3 N–H and O–H groups in total. The van der Waals surface area contributed by atoms with Crippen LogP contribution in [0, 0.1) is 10.1 Å². The van der Waals surface area contributed by atoms with Gasteiger partial charge >= 0.3 is 0 Å². The van der Waals surface area contributed by atoms with E-state index >= 15 is 0 Å². The average Bonchev–Trinajstić information content (AvgIpc) is 3.19. The number of rotatable bonds is 8. The number of aromatic nitrogens is 3. The lowest BCUT2D eigenvalue weighted by Gasteiger charge is -2.06. The van der Waals surface area contributed by atoms with Crippen molar-refractivity contribution in [3.05, 3.63) is 106 Å². The summed E-state index contributed by atoms with van der Waals surface area (Å²) in [5, 5.41) is 18.5. The van der Waals surface area contributed by atoms with Crippen LogP contribution in [0.2, 0.25) is 0 Å². The Morgan fingerprint density at radius 3 is 2.51 bits per heavy atom. The fourth-order valence-corrected chi connectivity index (χ4v) is 4.06. The summed E-state index contributed by atoms with van der Waals surface area (Å²) in [4.78, 5) is 33.2. The van der Waals surface area contributed by atoms with Crippen molar-refractivity contribution in [1.82, 2.24) is 20.0 Å². The van der Waals surface area contributed by atoms with Gasteiger partial charge in [-0.25, -0.2) is 9.97 Å². The minimum absolute atomic E-state index is 0.0596. The van der Waals surface area contributed by atoms with Crippen LogP contribution in [0.25, 0.3) is 22.2 Å². The van der Waals surface area contributed by atoms with Crippen LogP contribution in [0.15, 0.2) is 84.0 Å². The number of para-hydroxylation sites is 2. The lowest BCUT2D eigenvalue weighted by Crippen LogP contribution is -2.25. The summed E-state index contributed by atoms with van der Waals surface area (Å²) in [6, 6.07) is 23.4. The minimum Gasteiger partial charge on any atom is -0.383 e. The molecule has 0 saturated heterocycles. The molecule has 0 saturated carbocycles. The molecule has 10 heteroatoms. The van der Waals surface area contributed by atoms with Gasteiger partial charge in [-0.2, -0.15) is 9.78 Å². The van der Waals surface area contributed by atoms with Crippen LogP contribution in [-0.2, 0) is 6.42 Å². The average molecular weight is 494 g/mol. The van der Waals surface area contributed by atoms with Gasteiger partial charge in [-0.05, 0) is 30.5 Å². The van der Waals surface area contributed by atoms with Crippen molar-refractivity contribution >= 4 is 45.8 Å². The van der Waals surface area contributed by atoms with Gasteiger partial charge in [-0.15, -0.1) is 0 Å². The largest absolute Gasteiger partial charge is 0.383 e. The molecule has 5 aromatic rings. The van der Waals surface area contributed by atoms with Gasteiger partial charge in [0.15, 0.2) is 5.65 Å². The number of hydrogen-bond donors (Lipinski definition) is 2. The van der Waals surface area contributed by atoms with Crippen molar-refractivity contribution in [2.24, 2.45) is 5.10 Å². The Labute approximate surface area is 211 Å². The number of non-ortho nitro benzene ring substituents is 1. The molecule has 0 atom stereocenters. The Bertz CT molecular complexity index is 1640. The SMILES string of the molecule is Nc1c(C(=O)NCCCc2ccccc2)c2nc3ccccc3nc2n1/N=C/c1cccc([N+](=O)[O-])c1. The lowest BCUT2D eigenvalue weighted by atomic mass is 10.1. The third-order valence-corrected chi connectivity index (χ3v) is 5.87. The number of nitrogens with two attached hydrogens (primary N) is 1. The minimum atomic E-state index is -0.478. The summed E-state index contributed by atoms with van der Waals surface area (Å²) in [5.41, 5.74) is 10.1. The molecule has 0 bridgehead atoms. The Morgan fingerprint density at radius 2 is 1.76 bits per heavy atom. The van der Waals surface area contributed by atoms with E-state index in [1.54, 1.807) is 12.1 Å². The van der Waals surface area contributed by atoms with Crippen molar-refractivity contribution in [2.75, 3.05) is 12.3 Å². The summed E-state index contributed by atoms with van der Waals surface area (Å²) in [7, 11) is 0. The van der Waals surface area contributed by atoms with E-state index in [9.17, 15) is 14.9 Å². The zero-order valence-electron chi connectivity index (χ0n) is 19.7. The number of carbonyl (C=O) groups excluding carboxylic acids is 1. The van der Waals surface area contributed by atoms with E-state index in [0.717, 1.165) is 12.8 Å². The van der Waals surface area contributed by atoms with Gasteiger partial charge in [0.2, 0.25) is 0 Å². The van der Waals surface area contributed by atoms with Gasteiger partial charge in [-0.1, -0.05) is 54.6 Å². The molecule has 0 aliphatic rings. The molecule has 2 aromatic heterocycles. The second-order valence-corrected chi connectivity index (χ2v) is 8.40. The summed E-state index contributed by atoms with van der Waals surface area (Å²) in [6.07, 6.45) is 3.02. The maximum atomic E-state index is 13.2. The van der Waals surface area contributed by atoms with Crippen molar-refractivity contribution in [3.8, 4) is 0 Å². The van der Waals surface area contributed by atoms with Crippen LogP contribution in [0.5, 0.6) is 0 Å². The number of nitrogens with one attached hydrogen (secondary N) is 1. The number of benzene rings is 3. The maximum absolute atomic E-state index is 13.2. The third-order valence-electron chi connectivity index (χ3n) is 5.87. The van der Waals surface area contributed by atoms with E-state index in [4.69, 9.17) is 5.73 Å². The van der Waals surface area contributed by atoms with E-state index < -0.39 is 4.92 Å². The highest BCUT2D eigenvalue weighted by molar-refractivity contribution is 6.10. The first-order valence-electron chi connectivity index (χ1n) is 11.7. The fraction of sp³-hybridized carbons (Fsp3) is 0.111. The third kappa shape index (κ3) is 4.98. The predicted octanol–water partition coefficient (Wildman–Crippen LogP) is 4.32. The molecule has 37 heavy (non-hydrogen) atoms. The van der Waals surface area contributed by atoms with Crippen LogP contribution in [-0.4, -0.2) is 38.2 Å². The monoisotopic (exact) mass is 493 g/mol. The molecule has 0 unspecified atom stereocenters. The van der Waals surface area contributed by atoms with E-state index in [1.165, 1.54) is 28.6 Å². The van der Waals surface area contributed by atoms with E-state index in [1.807, 2.05) is 54.6 Å². The Balaban J connectivity index is 1.48. The molecule has 3 aromatic carbocycles. The van der Waals surface area contributed by atoms with Crippen LogP contribution < -0.4 is 11.1 Å². The molecule has 184 valence electrons. The fourth-order valence-electron chi connectivity index (χ4n) is 4.06. The molecule has 2 heterocycles. The van der Waals surface area contributed by atoms with E-state index in [-0.39, 0.29) is 23.0 Å². The molecule has 5 rings (SSSR count). The molecule has 0 radical (unpaired) electrons. The number of amides is 1. The first-order chi connectivity index (χ1) is 18.0. The highest BCUT2D eigenvalue weighted by Gasteiger charge is 2.24. The zero-order valence-corrected chi connectivity index (χ0v) is 19.7. The standard InChI is InChI=1S/C27H23N7O3/c28-25-23(27(35)29-15-7-11-18-8-2-1-3-9-18)24-26(32-22-14-5-4-13-21(22)31-24)33(25)30-17-19-10-6-12-20(16-19)34(36)37/h1-6,8-10,12-14,16-17H,7,11,15,28H2,(H,29,35)/b30-17+. The quantitative estimate of drug-likeness (QED) is 0.143. The van der Waals surface area contributed by atoms with Crippen molar-refractivity contribution in [2.45, 2.75) is 12.8 Å². The van der Waals surface area contributed by atoms with Crippen LogP contribution in [0.1, 0.15) is 27.9 Å². The first-order valence-corrected chi connectivity index (χ1v) is 11.7. The number of hydrogen-bond acceptors (Lipinski definition) is 7. The second-order valence-electron chi connectivity index (χ2n) is 8.40. The number of nitro groups is 1. The molecule has 0 fully saturated rings. The lowest BCUT2D eigenvalue weighted by molar-refractivity contribution is -0.384. The highest BCUT2D eigenvalue weighted by Crippen LogP contribution is 2.28. The topological polar surface area (TPSA) is 141 Å². The zero-order chi connectivity index (χ0) is 25.8. The Hall–Kier alpha value is -5.12. The molecular formula is C27H23N7O3. The summed E-state index contributed by atoms with van der Waals surface area (Å²) >= 11 is 0. The molecule has 10 nitrogen and oxygen atoms in total. The van der Waals surface area contributed by atoms with Crippen molar-refractivity contribution < 1.29 is 9.72 Å². The number of aryl methyl sites for hydroxylation is 1. The van der Waals surface area contributed by atoms with Gasteiger partial charge < -0.3 is 11.1 Å². The van der Waals surface area contributed by atoms with Gasteiger partial charge in [0.1, 0.15) is 16.9 Å². The van der Waals surface area contributed by atoms with Gasteiger partial charge in [0.05, 0.1) is 22.2 Å². The number of nitro benzene ring substituents is 1. The highest BCUT2D eigenvalue weighted by atomic mass is 16.6. The normalized spacial score (nSPS) is 11.4. The van der Waals surface area contributed by atoms with E-state index in [2.05, 4.69) is 20.4 Å². The summed E-state index contributed by atoms with van der Waals surface area (Å²) in [6.45, 7) is 0.456. The molecule has 0 aliphatic carbocycles. The van der Waals surface area contributed by atoms with Crippen LogP contribution in [0.3, 0.4) is 0 Å². The van der Waals surface area contributed by atoms with Gasteiger partial charge in [0.25, 0.3) is 11.6 Å². The van der Waals surface area contributed by atoms with E-state index in [0.29, 0.717) is 34.3 Å². The maximum Gasteiger partial charge on any atom is 0.270 e. The van der Waals surface area contributed by atoms with Crippen LogP contribution >= 0.6 is 0 Å². The van der Waals surface area contributed by atoms with Crippen molar-refractivity contribution in [1.29, 1.82) is 0 Å². The molecule has 0 aliphatic heterocycles. The number of nitrogens with zero attached hydrogens (tertiary/aromatic N) is 5. The predicted molar refractivity (Wildman–Crippen MR) is 143 cm³/mol.